The number of halogens is 1. The molecule has 250 valence electrons. The van der Waals surface area contributed by atoms with Crippen LogP contribution in [0.5, 0.6) is 0 Å². The van der Waals surface area contributed by atoms with Gasteiger partial charge in [-0.2, -0.15) is 0 Å². The minimum Gasteiger partial charge on any atom is -0.465 e. The van der Waals surface area contributed by atoms with Crippen LogP contribution in [0.15, 0.2) is 109 Å². The molecule has 10 nitrogen and oxygen atoms in total. The fraction of sp³-hybridized carbons (Fsp3) is 0.270. The van der Waals surface area contributed by atoms with E-state index in [0.29, 0.717) is 31.7 Å². The standard InChI is InChI=1S/C37H39FN4O6/c38-29-18-15-25(16-19-29)21-40-37(46)48-24-30-23-47-31(22-39-30)20-17-26-9-7-8-14-32(26)41-35(43)34(42-36(44)45)33(27-10-3-1-4-11-27)28-12-5-2-6-13-28/h1-16,18-19,30-31,33-34,39,42H,17,20-24H2,(H,40,46)(H,41,43)(H,44,45)/t30-,31+,34-/m0/s1. The Morgan fingerprint density at radius 3 is 2.17 bits per heavy atom. The van der Waals surface area contributed by atoms with Crippen LogP contribution in [0.25, 0.3) is 0 Å². The normalized spacial score (nSPS) is 16.5. The van der Waals surface area contributed by atoms with Crippen LogP contribution in [-0.4, -0.2) is 61.1 Å². The first kappa shape index (κ1) is 34.1. The van der Waals surface area contributed by atoms with E-state index in [-0.39, 0.29) is 31.1 Å². The molecule has 4 aromatic rings. The van der Waals surface area contributed by atoms with Crippen LogP contribution >= 0.6 is 0 Å². The molecule has 48 heavy (non-hydrogen) atoms. The molecule has 0 saturated carbocycles. The number of aryl methyl sites for hydroxylation is 1. The topological polar surface area (TPSA) is 138 Å². The van der Waals surface area contributed by atoms with Crippen molar-refractivity contribution in [2.75, 3.05) is 25.1 Å². The highest BCUT2D eigenvalue weighted by Crippen LogP contribution is 2.30. The summed E-state index contributed by atoms with van der Waals surface area (Å²) in [5, 5.41) is 21.2. The Bertz CT molecular complexity index is 1590. The van der Waals surface area contributed by atoms with Gasteiger partial charge in [-0.3, -0.25) is 4.79 Å². The summed E-state index contributed by atoms with van der Waals surface area (Å²) in [7, 11) is 0. The molecule has 0 aliphatic carbocycles. The van der Waals surface area contributed by atoms with E-state index in [0.717, 1.165) is 22.3 Å². The number of rotatable bonds is 13. The largest absolute Gasteiger partial charge is 0.465 e. The van der Waals surface area contributed by atoms with Gasteiger partial charge in [-0.15, -0.1) is 0 Å². The highest BCUT2D eigenvalue weighted by atomic mass is 19.1. The van der Waals surface area contributed by atoms with Crippen LogP contribution in [-0.2, 0) is 27.2 Å². The minimum absolute atomic E-state index is 0.0979. The van der Waals surface area contributed by atoms with Crippen molar-refractivity contribution >= 4 is 23.8 Å². The smallest absolute Gasteiger partial charge is 0.407 e. The molecule has 0 spiro atoms. The van der Waals surface area contributed by atoms with Gasteiger partial charge in [0.2, 0.25) is 5.91 Å². The Balaban J connectivity index is 1.14. The molecule has 0 bridgehead atoms. The lowest BCUT2D eigenvalue weighted by Crippen LogP contribution is -2.49. The Hall–Kier alpha value is -5.26. The fourth-order valence-electron chi connectivity index (χ4n) is 5.68. The maximum atomic E-state index is 13.8. The van der Waals surface area contributed by atoms with Gasteiger partial charge in [0.05, 0.1) is 18.8 Å². The third-order valence-electron chi connectivity index (χ3n) is 8.16. The van der Waals surface area contributed by atoms with E-state index in [9.17, 15) is 23.9 Å². The predicted octanol–water partition coefficient (Wildman–Crippen LogP) is 5.45. The number of benzene rings is 4. The van der Waals surface area contributed by atoms with Gasteiger partial charge in [-0.25, -0.2) is 14.0 Å². The number of para-hydroxylation sites is 1. The summed E-state index contributed by atoms with van der Waals surface area (Å²) in [6, 6.07) is 30.8. The van der Waals surface area contributed by atoms with Gasteiger partial charge >= 0.3 is 12.2 Å². The molecule has 1 heterocycles. The minimum atomic E-state index is -1.29. The van der Waals surface area contributed by atoms with E-state index in [2.05, 4.69) is 21.3 Å². The molecule has 5 rings (SSSR count). The number of hydrogen-bond acceptors (Lipinski definition) is 6. The first-order valence-electron chi connectivity index (χ1n) is 15.8. The average molecular weight is 655 g/mol. The summed E-state index contributed by atoms with van der Waals surface area (Å²) in [6.45, 7) is 1.28. The molecule has 5 N–H and O–H groups in total. The molecule has 4 aromatic carbocycles. The SMILES string of the molecule is O=C(O)N[C@H](C(=O)Nc1ccccc1CC[C@@H]1CN[C@H](COC(=O)NCc2ccc(F)cc2)CO1)C(c1ccccc1)c1ccccc1. The third-order valence-corrected chi connectivity index (χ3v) is 8.16. The number of carbonyl (C=O) groups is 3. The average Bonchev–Trinajstić information content (AvgIpc) is 3.11. The zero-order valence-electron chi connectivity index (χ0n) is 26.3. The van der Waals surface area contributed by atoms with Gasteiger partial charge < -0.3 is 35.8 Å². The summed E-state index contributed by atoms with van der Waals surface area (Å²) in [5.41, 5.74) is 3.87. The van der Waals surface area contributed by atoms with Gasteiger partial charge in [-0.05, 0) is 53.3 Å². The lowest BCUT2D eigenvalue weighted by atomic mass is 9.84. The lowest BCUT2D eigenvalue weighted by Gasteiger charge is -2.30. The Morgan fingerprint density at radius 2 is 1.54 bits per heavy atom. The fourth-order valence-corrected chi connectivity index (χ4v) is 5.68. The van der Waals surface area contributed by atoms with Crippen LogP contribution in [0.2, 0.25) is 0 Å². The molecular weight excluding hydrogens is 615 g/mol. The second kappa shape index (κ2) is 17.1. The quantitative estimate of drug-likeness (QED) is 0.129. The highest BCUT2D eigenvalue weighted by molar-refractivity contribution is 5.98. The molecular formula is C37H39FN4O6. The third kappa shape index (κ3) is 9.87. The summed E-state index contributed by atoms with van der Waals surface area (Å²) in [6.07, 6.45) is -0.690. The molecule has 0 unspecified atom stereocenters. The van der Waals surface area contributed by atoms with Crippen molar-refractivity contribution in [3.05, 3.63) is 137 Å². The Labute approximate surface area is 278 Å². The van der Waals surface area contributed by atoms with Crippen LogP contribution in [0.3, 0.4) is 0 Å². The summed E-state index contributed by atoms with van der Waals surface area (Å²) in [4.78, 5) is 37.9. The maximum Gasteiger partial charge on any atom is 0.407 e. The molecule has 1 saturated heterocycles. The Morgan fingerprint density at radius 1 is 0.896 bits per heavy atom. The number of alkyl carbamates (subject to hydrolysis) is 1. The molecule has 1 aliphatic rings. The number of ether oxygens (including phenoxy) is 2. The van der Waals surface area contributed by atoms with Gasteiger partial charge in [-0.1, -0.05) is 91.0 Å². The second-order valence-electron chi connectivity index (χ2n) is 11.6. The highest BCUT2D eigenvalue weighted by Gasteiger charge is 2.33. The van der Waals surface area contributed by atoms with Crippen LogP contribution in [0, 0.1) is 5.82 Å². The summed E-state index contributed by atoms with van der Waals surface area (Å²) < 4.78 is 24.4. The molecule has 3 amide bonds. The van der Waals surface area contributed by atoms with Crippen LogP contribution in [0.4, 0.5) is 19.7 Å². The van der Waals surface area contributed by atoms with Gasteiger partial charge in [0, 0.05) is 24.7 Å². The number of morpholine rings is 1. The number of hydrogen-bond donors (Lipinski definition) is 5. The summed E-state index contributed by atoms with van der Waals surface area (Å²) >= 11 is 0. The second-order valence-corrected chi connectivity index (χ2v) is 11.6. The van der Waals surface area contributed by atoms with Crippen LogP contribution < -0.4 is 21.3 Å². The predicted molar refractivity (Wildman–Crippen MR) is 179 cm³/mol. The molecule has 1 aliphatic heterocycles. The molecule has 0 aromatic heterocycles. The van der Waals surface area contributed by atoms with Crippen molar-refractivity contribution in [3.63, 3.8) is 0 Å². The zero-order valence-corrected chi connectivity index (χ0v) is 26.3. The zero-order chi connectivity index (χ0) is 33.7. The molecule has 11 heteroatoms. The van der Waals surface area contributed by atoms with E-state index in [4.69, 9.17) is 9.47 Å². The van der Waals surface area contributed by atoms with Crippen LogP contribution in [0.1, 0.15) is 34.6 Å². The molecule has 0 radical (unpaired) electrons. The number of carboxylic acid groups (broad SMARTS) is 1. The van der Waals surface area contributed by atoms with Gasteiger partial charge in [0.25, 0.3) is 0 Å². The van der Waals surface area contributed by atoms with Crippen molar-refractivity contribution in [2.45, 2.75) is 43.5 Å². The van der Waals surface area contributed by atoms with E-state index in [1.165, 1.54) is 12.1 Å². The number of anilines is 1. The van der Waals surface area contributed by atoms with Crippen molar-refractivity contribution in [3.8, 4) is 0 Å². The first-order chi connectivity index (χ1) is 23.4. The van der Waals surface area contributed by atoms with Crippen molar-refractivity contribution in [1.82, 2.24) is 16.0 Å². The van der Waals surface area contributed by atoms with Crippen molar-refractivity contribution < 1.29 is 33.4 Å². The van der Waals surface area contributed by atoms with Gasteiger partial charge in [0.15, 0.2) is 0 Å². The van der Waals surface area contributed by atoms with E-state index >= 15 is 0 Å². The monoisotopic (exact) mass is 654 g/mol. The maximum absolute atomic E-state index is 13.8. The van der Waals surface area contributed by atoms with Crippen molar-refractivity contribution in [1.29, 1.82) is 0 Å². The van der Waals surface area contributed by atoms with Gasteiger partial charge in [0.1, 0.15) is 18.5 Å². The van der Waals surface area contributed by atoms with E-state index in [1.54, 1.807) is 18.2 Å². The Kier molecular flexibility index (Phi) is 12.1. The number of nitrogens with one attached hydrogen (secondary N) is 4. The van der Waals surface area contributed by atoms with E-state index < -0.39 is 30.1 Å². The lowest BCUT2D eigenvalue weighted by molar-refractivity contribution is -0.118. The first-order valence-corrected chi connectivity index (χ1v) is 15.8. The molecule has 3 atom stereocenters. The number of carbonyl (C=O) groups excluding carboxylic acids is 2. The molecule has 1 fully saturated rings. The van der Waals surface area contributed by atoms with E-state index in [1.807, 2.05) is 78.9 Å². The van der Waals surface area contributed by atoms with Crippen molar-refractivity contribution in [2.24, 2.45) is 0 Å². The summed E-state index contributed by atoms with van der Waals surface area (Å²) in [5.74, 6) is -1.37. The number of amides is 3.